The topological polar surface area (TPSA) is 108 Å². The predicted octanol–water partition coefficient (Wildman–Crippen LogP) is 4.34. The Balaban J connectivity index is 2.53. The molecule has 162 valence electrons. The van der Waals surface area contributed by atoms with E-state index in [1.54, 1.807) is 26.8 Å². The summed E-state index contributed by atoms with van der Waals surface area (Å²) < 4.78 is 10.7. The minimum atomic E-state index is -0.867. The van der Waals surface area contributed by atoms with Crippen LogP contribution in [0.15, 0.2) is 40.5 Å². The number of esters is 2. The summed E-state index contributed by atoms with van der Waals surface area (Å²) in [5.41, 5.74) is 1.51. The predicted molar refractivity (Wildman–Crippen MR) is 112 cm³/mol. The first kappa shape index (κ1) is 23.3. The number of aliphatic imine (C=N–C) groups is 1. The van der Waals surface area contributed by atoms with E-state index in [0.717, 1.165) is 19.3 Å². The number of nitro groups is 1. The van der Waals surface area contributed by atoms with E-state index in [0.29, 0.717) is 17.0 Å². The molecule has 0 N–H and O–H groups in total. The number of hydrogen-bond acceptors (Lipinski definition) is 7. The normalized spacial score (nSPS) is 18.6. The molecule has 8 heteroatoms. The van der Waals surface area contributed by atoms with Gasteiger partial charge in [0.15, 0.2) is 0 Å². The van der Waals surface area contributed by atoms with E-state index >= 15 is 0 Å². The molecule has 0 radical (unpaired) electrons. The Labute approximate surface area is 176 Å². The smallest absolute Gasteiger partial charge is 0.336 e. The SMILES string of the molecule is CCCCCOC(=O)C1=C(C)N=C(C)C(C(=O)OCC)C1c1cccc([N+](=O)[O-])c1. The lowest BCUT2D eigenvalue weighted by Crippen LogP contribution is -2.36. The Kier molecular flexibility index (Phi) is 8.26. The van der Waals surface area contributed by atoms with Crippen LogP contribution in [0.4, 0.5) is 5.69 Å². The number of carbonyl (C=O) groups is 2. The number of carbonyl (C=O) groups excluding carboxylic acids is 2. The van der Waals surface area contributed by atoms with Gasteiger partial charge >= 0.3 is 11.9 Å². The van der Waals surface area contributed by atoms with E-state index in [4.69, 9.17) is 9.47 Å². The van der Waals surface area contributed by atoms with E-state index < -0.39 is 28.7 Å². The lowest BCUT2D eigenvalue weighted by atomic mass is 9.75. The minimum absolute atomic E-state index is 0.122. The molecule has 1 heterocycles. The van der Waals surface area contributed by atoms with Gasteiger partial charge in [0, 0.05) is 29.5 Å². The molecule has 2 atom stereocenters. The van der Waals surface area contributed by atoms with Crippen LogP contribution in [0.25, 0.3) is 0 Å². The number of ether oxygens (including phenoxy) is 2. The van der Waals surface area contributed by atoms with Gasteiger partial charge in [0.25, 0.3) is 5.69 Å². The van der Waals surface area contributed by atoms with Gasteiger partial charge in [-0.1, -0.05) is 31.9 Å². The highest BCUT2D eigenvalue weighted by Gasteiger charge is 2.42. The third-order valence-electron chi connectivity index (χ3n) is 5.01. The average molecular weight is 416 g/mol. The van der Waals surface area contributed by atoms with Crippen molar-refractivity contribution in [2.75, 3.05) is 13.2 Å². The molecule has 0 amide bonds. The summed E-state index contributed by atoms with van der Waals surface area (Å²) in [5.74, 6) is -2.74. The summed E-state index contributed by atoms with van der Waals surface area (Å²) in [5, 5.41) is 11.3. The number of rotatable bonds is 9. The first-order chi connectivity index (χ1) is 14.3. The molecule has 0 fully saturated rings. The van der Waals surface area contributed by atoms with E-state index in [1.165, 1.54) is 18.2 Å². The Bertz CT molecular complexity index is 874. The van der Waals surface area contributed by atoms with Gasteiger partial charge in [-0.15, -0.1) is 0 Å². The molecular formula is C22H28N2O6. The van der Waals surface area contributed by atoms with Crippen LogP contribution in [0.5, 0.6) is 0 Å². The number of nitro benzene ring substituents is 1. The lowest BCUT2D eigenvalue weighted by molar-refractivity contribution is -0.384. The Hall–Kier alpha value is -3.03. The average Bonchev–Trinajstić information content (AvgIpc) is 2.70. The summed E-state index contributed by atoms with van der Waals surface area (Å²) in [6, 6.07) is 5.95. The van der Waals surface area contributed by atoms with Crippen LogP contribution in [0.2, 0.25) is 0 Å². The summed E-state index contributed by atoms with van der Waals surface area (Å²) >= 11 is 0. The number of hydrogen-bond donors (Lipinski definition) is 0. The van der Waals surface area contributed by atoms with Crippen LogP contribution in [0.3, 0.4) is 0 Å². The summed E-state index contributed by atoms with van der Waals surface area (Å²) in [7, 11) is 0. The maximum absolute atomic E-state index is 13.0. The zero-order valence-electron chi connectivity index (χ0n) is 17.8. The van der Waals surface area contributed by atoms with Crippen molar-refractivity contribution in [1.82, 2.24) is 0 Å². The van der Waals surface area contributed by atoms with Crippen LogP contribution in [0, 0.1) is 16.0 Å². The van der Waals surface area contributed by atoms with Gasteiger partial charge in [0.05, 0.1) is 23.7 Å². The first-order valence-corrected chi connectivity index (χ1v) is 10.2. The van der Waals surface area contributed by atoms with Crippen LogP contribution in [-0.2, 0) is 19.1 Å². The van der Waals surface area contributed by atoms with Gasteiger partial charge in [-0.05, 0) is 32.8 Å². The number of nitrogens with zero attached hydrogens (tertiary/aromatic N) is 2. The van der Waals surface area contributed by atoms with Crippen LogP contribution in [-0.4, -0.2) is 35.8 Å². The maximum atomic E-state index is 13.0. The molecule has 1 aromatic carbocycles. The van der Waals surface area contributed by atoms with Crippen molar-refractivity contribution in [3.05, 3.63) is 51.2 Å². The van der Waals surface area contributed by atoms with Crippen molar-refractivity contribution in [2.45, 2.75) is 52.9 Å². The van der Waals surface area contributed by atoms with Gasteiger partial charge < -0.3 is 9.47 Å². The van der Waals surface area contributed by atoms with Crippen molar-refractivity contribution in [3.63, 3.8) is 0 Å². The Morgan fingerprint density at radius 3 is 2.53 bits per heavy atom. The van der Waals surface area contributed by atoms with E-state index in [9.17, 15) is 19.7 Å². The van der Waals surface area contributed by atoms with Gasteiger partial charge in [-0.2, -0.15) is 0 Å². The van der Waals surface area contributed by atoms with Crippen LogP contribution >= 0.6 is 0 Å². The molecule has 1 aromatic rings. The van der Waals surface area contributed by atoms with Crippen molar-refractivity contribution in [1.29, 1.82) is 0 Å². The monoisotopic (exact) mass is 416 g/mol. The van der Waals surface area contributed by atoms with Crippen molar-refractivity contribution >= 4 is 23.3 Å². The number of unbranched alkanes of at least 4 members (excludes halogenated alkanes) is 2. The standard InChI is InChI=1S/C22H28N2O6/c1-5-7-8-12-30-22(26)19-15(4)23-14(3)18(21(25)29-6-2)20(19)16-10-9-11-17(13-16)24(27)28/h9-11,13,18,20H,5-8,12H2,1-4H3. The highest BCUT2D eigenvalue weighted by molar-refractivity contribution is 6.07. The highest BCUT2D eigenvalue weighted by atomic mass is 16.6. The molecular weight excluding hydrogens is 388 g/mol. The second-order valence-electron chi connectivity index (χ2n) is 7.15. The minimum Gasteiger partial charge on any atom is -0.465 e. The first-order valence-electron chi connectivity index (χ1n) is 10.2. The molecule has 0 saturated carbocycles. The molecule has 30 heavy (non-hydrogen) atoms. The highest BCUT2D eigenvalue weighted by Crippen LogP contribution is 2.41. The summed E-state index contributed by atoms with van der Waals surface area (Å²) in [6.45, 7) is 7.55. The van der Waals surface area contributed by atoms with Gasteiger partial charge in [-0.25, -0.2) is 4.79 Å². The van der Waals surface area contributed by atoms with Crippen molar-refractivity contribution in [2.24, 2.45) is 10.9 Å². The maximum Gasteiger partial charge on any atom is 0.336 e. The molecule has 0 aromatic heterocycles. The van der Waals surface area contributed by atoms with Gasteiger partial charge in [0.1, 0.15) is 5.92 Å². The number of allylic oxidation sites excluding steroid dienone is 1. The molecule has 0 bridgehead atoms. The zero-order valence-corrected chi connectivity index (χ0v) is 17.8. The molecule has 8 nitrogen and oxygen atoms in total. The molecule has 0 saturated heterocycles. The molecule has 1 aliphatic heterocycles. The third kappa shape index (κ3) is 5.31. The number of benzene rings is 1. The lowest BCUT2D eigenvalue weighted by Gasteiger charge is -2.31. The Morgan fingerprint density at radius 1 is 1.17 bits per heavy atom. The van der Waals surface area contributed by atoms with Crippen LogP contribution < -0.4 is 0 Å². The zero-order chi connectivity index (χ0) is 22.3. The fourth-order valence-electron chi connectivity index (χ4n) is 3.63. The molecule has 1 aliphatic rings. The quantitative estimate of drug-likeness (QED) is 0.256. The summed E-state index contributed by atoms with van der Waals surface area (Å²) in [6.07, 6.45) is 2.66. The van der Waals surface area contributed by atoms with Crippen LogP contribution in [0.1, 0.15) is 58.4 Å². The van der Waals surface area contributed by atoms with Crippen molar-refractivity contribution < 1.29 is 24.0 Å². The summed E-state index contributed by atoms with van der Waals surface area (Å²) in [4.78, 5) is 40.9. The molecule has 0 spiro atoms. The second-order valence-corrected chi connectivity index (χ2v) is 7.15. The second kappa shape index (κ2) is 10.7. The Morgan fingerprint density at radius 2 is 1.90 bits per heavy atom. The number of non-ortho nitro benzene ring substituents is 1. The fourth-order valence-corrected chi connectivity index (χ4v) is 3.63. The molecule has 0 aliphatic carbocycles. The van der Waals surface area contributed by atoms with Crippen molar-refractivity contribution in [3.8, 4) is 0 Å². The fraction of sp³-hybridized carbons (Fsp3) is 0.500. The molecule has 2 unspecified atom stereocenters. The van der Waals surface area contributed by atoms with E-state index in [1.807, 2.05) is 0 Å². The van der Waals surface area contributed by atoms with Gasteiger partial charge in [0.2, 0.25) is 0 Å². The third-order valence-corrected chi connectivity index (χ3v) is 5.01. The largest absolute Gasteiger partial charge is 0.465 e. The molecule has 2 rings (SSSR count). The van der Waals surface area contributed by atoms with E-state index in [-0.39, 0.29) is 24.5 Å². The van der Waals surface area contributed by atoms with E-state index in [2.05, 4.69) is 11.9 Å². The van der Waals surface area contributed by atoms with Gasteiger partial charge in [-0.3, -0.25) is 19.9 Å².